The minimum absolute atomic E-state index is 0.0120. The van der Waals surface area contributed by atoms with Gasteiger partial charge in [0.25, 0.3) is 0 Å². The fraction of sp³-hybridized carbons (Fsp3) is 0.988. The molecule has 0 saturated heterocycles. The van der Waals surface area contributed by atoms with Crippen LogP contribution in [0.25, 0.3) is 0 Å². The fourth-order valence-electron chi connectivity index (χ4n) is 10.2. The van der Waals surface area contributed by atoms with Crippen molar-refractivity contribution in [3.05, 3.63) is 0 Å². The molecule has 0 aromatic carbocycles. The standard InChI is InChI=1S/C80H160O50S2/c81-7-55(92)18-107-25-65(102)32-124-71(38-112-23-60(97)12-86)40-116-42-73(126-34-67(104)27-109-20-57(94)9-83)44-118-48-75(47-117-43-72(125-33-66(103)26-108-19-56(93)8-82)41-115-39-70(122-30-63(100)15-89)37-111-22-59(96)11-85)128-54-77(129-53-76(123-31-64(101)16-90)49-114-36-69(17-91)121-29-62(99)14-88)50-119-45-74(127-35-68(105)28-110-21-58(95)10-84)46-120-52-78(51-113-24-61(98)13-87)130-80(106)4-2-1-3-79(132)5-6-131/h55-79,81-105,131-132H,1-54H2. The number of unbranched alkanes of at least 4 members (excludes halogenated alkanes) is 1. The van der Waals surface area contributed by atoms with Gasteiger partial charge in [0.1, 0.15) is 146 Å². The Morgan fingerprint density at radius 1 is 0.189 bits per heavy atom. The van der Waals surface area contributed by atoms with Gasteiger partial charge in [0.15, 0.2) is 0 Å². The largest absolute Gasteiger partial charge is 0.457 e. The quantitative estimate of drug-likeness (QED) is 0.0153. The van der Waals surface area contributed by atoms with Crippen LogP contribution < -0.4 is 0 Å². The Kier molecular flexibility index (Phi) is 88.2. The van der Waals surface area contributed by atoms with Crippen LogP contribution in [0.5, 0.6) is 0 Å². The Balaban J connectivity index is 8.34. The van der Waals surface area contributed by atoms with E-state index in [1.807, 2.05) is 0 Å². The van der Waals surface area contributed by atoms with Crippen LogP contribution in [0.2, 0.25) is 0 Å². The van der Waals surface area contributed by atoms with E-state index in [4.69, 9.17) is 114 Å². The van der Waals surface area contributed by atoms with E-state index in [-0.39, 0.29) is 144 Å². The van der Waals surface area contributed by atoms with Crippen molar-refractivity contribution in [1.29, 1.82) is 0 Å². The molecule has 0 aromatic rings. The van der Waals surface area contributed by atoms with Crippen molar-refractivity contribution in [2.75, 3.05) is 323 Å². The lowest BCUT2D eigenvalue weighted by atomic mass is 10.1. The zero-order valence-electron chi connectivity index (χ0n) is 75.4. The summed E-state index contributed by atoms with van der Waals surface area (Å²) in [5.74, 6) is 0.0252. The van der Waals surface area contributed by atoms with Crippen molar-refractivity contribution >= 4 is 31.2 Å². The van der Waals surface area contributed by atoms with E-state index in [0.717, 1.165) is 6.42 Å². The zero-order valence-corrected chi connectivity index (χ0v) is 77.2. The van der Waals surface area contributed by atoms with E-state index >= 15 is 0 Å². The highest BCUT2D eigenvalue weighted by Gasteiger charge is 2.28. The van der Waals surface area contributed by atoms with Crippen molar-refractivity contribution in [1.82, 2.24) is 0 Å². The summed E-state index contributed by atoms with van der Waals surface area (Å²) in [5.41, 5.74) is 0. The van der Waals surface area contributed by atoms with E-state index in [1.54, 1.807) is 0 Å². The highest BCUT2D eigenvalue weighted by atomic mass is 32.1. The third-order valence-corrected chi connectivity index (χ3v) is 18.3. The molecule has 0 rings (SSSR count). The maximum absolute atomic E-state index is 13.3. The fourth-order valence-corrected chi connectivity index (χ4v) is 11.1. The summed E-state index contributed by atoms with van der Waals surface area (Å²) in [5, 5.41) is 248. The summed E-state index contributed by atoms with van der Waals surface area (Å²) in [6, 6.07) is 0. The molecule has 50 nitrogen and oxygen atoms in total. The van der Waals surface area contributed by atoms with E-state index in [1.165, 1.54) is 0 Å². The normalized spacial score (nSPS) is 18.1. The average Bonchev–Trinajstić information content (AvgIpc) is 0.920. The van der Waals surface area contributed by atoms with Crippen molar-refractivity contribution < 1.29 is 246 Å². The van der Waals surface area contributed by atoms with Crippen LogP contribution in [0.4, 0.5) is 0 Å². The molecule has 792 valence electrons. The van der Waals surface area contributed by atoms with Crippen molar-refractivity contribution in [2.24, 2.45) is 0 Å². The predicted octanol–water partition coefficient (Wildman–Crippen LogP) is -13.3. The summed E-state index contributed by atoms with van der Waals surface area (Å²) >= 11 is 8.83. The Labute approximate surface area is 781 Å². The molecule has 25 N–H and O–H groups in total. The second kappa shape index (κ2) is 89.4. The number of carbonyl (C=O) groups is 1. The van der Waals surface area contributed by atoms with Crippen LogP contribution in [0.3, 0.4) is 0 Å². The molecule has 0 spiro atoms. The summed E-state index contributed by atoms with van der Waals surface area (Å²) in [4.78, 5) is 13.3. The van der Waals surface area contributed by atoms with Gasteiger partial charge in [-0.25, -0.2) is 0 Å². The summed E-state index contributed by atoms with van der Waals surface area (Å²) in [6.45, 7) is -21.3. The first kappa shape index (κ1) is 130. The highest BCUT2D eigenvalue weighted by molar-refractivity contribution is 7.81. The molecule has 0 aliphatic rings. The second-order valence-electron chi connectivity index (χ2n) is 30.8. The molecule has 132 heavy (non-hydrogen) atoms. The smallest absolute Gasteiger partial charge is 0.306 e. The summed E-state index contributed by atoms with van der Waals surface area (Å²) < 4.78 is 141. The molecular weight excluding hydrogens is 1820 g/mol. The molecule has 0 fully saturated rings. The molecular formula is C80H160O50S2. The van der Waals surface area contributed by atoms with Gasteiger partial charge in [-0.05, 0) is 25.0 Å². The van der Waals surface area contributed by atoms with Crippen LogP contribution >= 0.6 is 25.3 Å². The van der Waals surface area contributed by atoms with Crippen LogP contribution in [-0.4, -0.2) is 608 Å². The van der Waals surface area contributed by atoms with Crippen LogP contribution in [0.15, 0.2) is 0 Å². The first-order valence-corrected chi connectivity index (χ1v) is 45.0. The number of carbonyl (C=O) groups excluding carboxylic acids is 1. The molecule has 0 bridgehead atoms. The molecule has 0 aliphatic heterocycles. The van der Waals surface area contributed by atoms with Crippen molar-refractivity contribution in [3.63, 3.8) is 0 Å². The highest BCUT2D eigenvalue weighted by Crippen LogP contribution is 2.16. The molecule has 0 radical (unpaired) electrons. The lowest BCUT2D eigenvalue weighted by Gasteiger charge is -2.28. The second-order valence-corrected chi connectivity index (χ2v) is 32.0. The van der Waals surface area contributed by atoms with Crippen molar-refractivity contribution in [3.8, 4) is 0 Å². The monoisotopic (exact) mass is 1980 g/mol. The molecule has 0 heterocycles. The first-order chi connectivity index (χ1) is 63.5. The Bertz CT molecular complexity index is 2460. The summed E-state index contributed by atoms with van der Waals surface area (Å²) in [6.07, 6.45) is -26.9. The van der Waals surface area contributed by atoms with Gasteiger partial charge in [0.2, 0.25) is 0 Å². The maximum Gasteiger partial charge on any atom is 0.306 e. The molecule has 0 aliphatic carbocycles. The van der Waals surface area contributed by atoms with Gasteiger partial charge in [-0.1, -0.05) is 6.42 Å². The van der Waals surface area contributed by atoms with Gasteiger partial charge >= 0.3 is 5.97 Å². The molecule has 25 atom stereocenters. The van der Waals surface area contributed by atoms with Crippen molar-refractivity contribution in [2.45, 2.75) is 184 Å². The van der Waals surface area contributed by atoms with E-state index in [0.29, 0.717) is 25.0 Å². The number of ether oxygens (including phenoxy) is 24. The Morgan fingerprint density at radius 3 is 0.576 bits per heavy atom. The van der Waals surface area contributed by atoms with Crippen LogP contribution in [0.1, 0.15) is 32.1 Å². The molecule has 0 saturated carbocycles. The van der Waals surface area contributed by atoms with Gasteiger partial charge in [-0.2, -0.15) is 25.3 Å². The SMILES string of the molecule is O=C(CCCCC(S)CCS)OC(COCC(O)CO)COCC(COCC(COC(COCC(COCC(COCC(O)CO)OCC(O)CO)OCC(O)COCC(O)CO)COCC(COCC(COCC(O)CO)OCC(O)COCC(O)CO)OCC(O)COCC(O)CO)OCC(COCC(CO)OCC(O)CO)OCC(O)CO)OCC(O)COCC(O)CO. The molecule has 0 aromatic heterocycles. The zero-order chi connectivity index (χ0) is 98.2. The van der Waals surface area contributed by atoms with Gasteiger partial charge < -0.3 is 241 Å². The number of esters is 1. The average molecular weight is 1990 g/mol. The van der Waals surface area contributed by atoms with Crippen LogP contribution in [0, 0.1) is 0 Å². The molecule has 52 heteroatoms. The van der Waals surface area contributed by atoms with Gasteiger partial charge in [-0.15, -0.1) is 0 Å². The summed E-state index contributed by atoms with van der Waals surface area (Å²) in [7, 11) is 0. The molecule has 25 unspecified atom stereocenters. The van der Waals surface area contributed by atoms with E-state index in [2.05, 4.69) is 25.3 Å². The van der Waals surface area contributed by atoms with Gasteiger partial charge in [-0.3, -0.25) is 4.79 Å². The van der Waals surface area contributed by atoms with E-state index < -0.39 is 337 Å². The number of rotatable bonds is 102. The predicted molar refractivity (Wildman–Crippen MR) is 461 cm³/mol. The minimum atomic E-state index is -1.43. The topological polar surface area (TPSA) is 744 Å². The third kappa shape index (κ3) is 77.9. The number of aliphatic hydroxyl groups is 25. The lowest BCUT2D eigenvalue weighted by Crippen LogP contribution is -2.39. The maximum atomic E-state index is 13.3. The lowest BCUT2D eigenvalue weighted by molar-refractivity contribution is -0.162. The van der Waals surface area contributed by atoms with E-state index in [9.17, 15) is 132 Å². The first-order valence-electron chi connectivity index (χ1n) is 43.9. The third-order valence-electron chi connectivity index (χ3n) is 17.5. The Hall–Kier alpha value is -1.75. The number of hydrogen-bond donors (Lipinski definition) is 27. The Morgan fingerprint density at radius 2 is 0.356 bits per heavy atom. The van der Waals surface area contributed by atoms with Gasteiger partial charge in [0.05, 0.1) is 317 Å². The number of hydrogen-bond acceptors (Lipinski definition) is 52. The minimum Gasteiger partial charge on any atom is -0.457 e. The number of aliphatic hydroxyl groups excluding tert-OH is 25. The number of thiol groups is 2. The molecule has 0 amide bonds. The van der Waals surface area contributed by atoms with Crippen LogP contribution in [-0.2, 0) is 118 Å². The van der Waals surface area contributed by atoms with Gasteiger partial charge in [0, 0.05) is 11.7 Å².